The molecule has 1 N–H and O–H groups in total. The van der Waals surface area contributed by atoms with Crippen molar-refractivity contribution in [3.8, 4) is 0 Å². The zero-order chi connectivity index (χ0) is 16.7. The molecule has 2 aromatic rings. The first-order valence-corrected chi connectivity index (χ1v) is 8.92. The molecular formula is C19H29N3O. The van der Waals surface area contributed by atoms with Crippen LogP contribution in [0.15, 0.2) is 23.0 Å². The average Bonchev–Trinajstić information content (AvgIpc) is 2.57. The van der Waals surface area contributed by atoms with E-state index in [9.17, 15) is 4.79 Å². The summed E-state index contributed by atoms with van der Waals surface area (Å²) in [5.74, 6) is 0.825. The topological polar surface area (TPSA) is 49.0 Å². The summed E-state index contributed by atoms with van der Waals surface area (Å²) in [6, 6.07) is 5.85. The molecule has 0 aliphatic carbocycles. The Hall–Kier alpha value is -1.68. The number of aromatic amines is 1. The molecule has 0 bridgehead atoms. The van der Waals surface area contributed by atoms with E-state index in [1.807, 2.05) is 12.1 Å². The molecule has 1 aromatic heterocycles. The molecule has 4 nitrogen and oxygen atoms in total. The van der Waals surface area contributed by atoms with E-state index in [4.69, 9.17) is 4.98 Å². The zero-order valence-corrected chi connectivity index (χ0v) is 14.7. The molecule has 0 aliphatic heterocycles. The summed E-state index contributed by atoms with van der Waals surface area (Å²) in [4.78, 5) is 22.3. The van der Waals surface area contributed by atoms with E-state index in [0.717, 1.165) is 55.8 Å². The van der Waals surface area contributed by atoms with E-state index in [0.29, 0.717) is 5.39 Å². The molecule has 0 fully saturated rings. The Morgan fingerprint density at radius 2 is 1.87 bits per heavy atom. The minimum Gasteiger partial charge on any atom is -0.310 e. The minimum atomic E-state index is -0.0107. The van der Waals surface area contributed by atoms with Crippen LogP contribution in [0.3, 0.4) is 0 Å². The van der Waals surface area contributed by atoms with Crippen LogP contribution in [0.5, 0.6) is 0 Å². The van der Waals surface area contributed by atoms with Crippen LogP contribution in [0, 0.1) is 0 Å². The number of nitrogens with one attached hydrogen (secondary N) is 1. The van der Waals surface area contributed by atoms with Crippen molar-refractivity contribution in [3.05, 3.63) is 39.9 Å². The summed E-state index contributed by atoms with van der Waals surface area (Å²) in [6.45, 7) is 9.92. The Balaban J connectivity index is 1.97. The lowest BCUT2D eigenvalue weighted by molar-refractivity contribution is 0.296. The number of hydrogen-bond donors (Lipinski definition) is 1. The van der Waals surface area contributed by atoms with Gasteiger partial charge in [0.1, 0.15) is 5.82 Å². The number of rotatable bonds is 9. The molecule has 0 saturated carbocycles. The van der Waals surface area contributed by atoms with Gasteiger partial charge in [-0.2, -0.15) is 0 Å². The summed E-state index contributed by atoms with van der Waals surface area (Å²) in [7, 11) is 0. The highest BCUT2D eigenvalue weighted by Gasteiger charge is 2.07. The fraction of sp³-hybridized carbons (Fsp3) is 0.579. The quantitative estimate of drug-likeness (QED) is 0.720. The summed E-state index contributed by atoms with van der Waals surface area (Å²) in [5, 5.41) is 0.703. The third kappa shape index (κ3) is 4.64. The van der Waals surface area contributed by atoms with Crippen LogP contribution in [-0.2, 0) is 12.8 Å². The van der Waals surface area contributed by atoms with Gasteiger partial charge in [0.2, 0.25) is 0 Å². The second kappa shape index (κ2) is 8.82. The third-order valence-electron chi connectivity index (χ3n) is 4.53. The number of unbranched alkanes of at least 4 members (excludes halogenated alkanes) is 2. The lowest BCUT2D eigenvalue weighted by Gasteiger charge is -2.17. The molecule has 0 radical (unpaired) electrons. The number of nitrogens with zero attached hydrogens (tertiary/aromatic N) is 2. The van der Waals surface area contributed by atoms with Crippen molar-refractivity contribution in [2.45, 2.75) is 52.9 Å². The second-order valence-corrected chi connectivity index (χ2v) is 6.02. The van der Waals surface area contributed by atoms with Crippen LogP contribution in [0.1, 0.15) is 51.4 Å². The SMILES string of the molecule is CCc1cccc2c(=O)[nH]c(CCCCCN(CC)CC)nc12. The number of H-pyrrole nitrogens is 1. The van der Waals surface area contributed by atoms with Crippen LogP contribution >= 0.6 is 0 Å². The van der Waals surface area contributed by atoms with Crippen LogP contribution in [0.2, 0.25) is 0 Å². The first-order chi connectivity index (χ1) is 11.2. The minimum absolute atomic E-state index is 0.0107. The fourth-order valence-corrected chi connectivity index (χ4v) is 3.02. The molecule has 1 heterocycles. The smallest absolute Gasteiger partial charge is 0.258 e. The van der Waals surface area contributed by atoms with Gasteiger partial charge in [-0.3, -0.25) is 4.79 Å². The van der Waals surface area contributed by atoms with E-state index in [1.165, 1.54) is 12.8 Å². The van der Waals surface area contributed by atoms with Crippen molar-refractivity contribution in [3.63, 3.8) is 0 Å². The second-order valence-electron chi connectivity index (χ2n) is 6.02. The summed E-state index contributed by atoms with van der Waals surface area (Å²) in [5.41, 5.74) is 2.01. The van der Waals surface area contributed by atoms with Crippen LogP contribution in [0.4, 0.5) is 0 Å². The first kappa shape index (κ1) is 17.7. The number of benzene rings is 1. The highest BCUT2D eigenvalue weighted by molar-refractivity contribution is 5.80. The predicted octanol–water partition coefficient (Wildman–Crippen LogP) is 3.54. The molecule has 23 heavy (non-hydrogen) atoms. The van der Waals surface area contributed by atoms with Crippen molar-refractivity contribution in [2.24, 2.45) is 0 Å². The van der Waals surface area contributed by atoms with E-state index >= 15 is 0 Å². The first-order valence-electron chi connectivity index (χ1n) is 8.92. The maximum atomic E-state index is 12.2. The molecule has 0 saturated heterocycles. The summed E-state index contributed by atoms with van der Waals surface area (Å²) >= 11 is 0. The van der Waals surface area contributed by atoms with E-state index in [-0.39, 0.29) is 5.56 Å². The highest BCUT2D eigenvalue weighted by Crippen LogP contribution is 2.14. The van der Waals surface area contributed by atoms with E-state index < -0.39 is 0 Å². The van der Waals surface area contributed by atoms with Crippen molar-refractivity contribution in [1.29, 1.82) is 0 Å². The van der Waals surface area contributed by atoms with Gasteiger partial charge in [-0.15, -0.1) is 0 Å². The number of para-hydroxylation sites is 1. The van der Waals surface area contributed by atoms with Crippen molar-refractivity contribution in [1.82, 2.24) is 14.9 Å². The predicted molar refractivity (Wildman–Crippen MR) is 97.1 cm³/mol. The Bertz CT molecular complexity index is 674. The fourth-order valence-electron chi connectivity index (χ4n) is 3.02. The zero-order valence-electron chi connectivity index (χ0n) is 14.7. The van der Waals surface area contributed by atoms with Gasteiger partial charge in [-0.05, 0) is 50.5 Å². The Labute approximate surface area is 138 Å². The number of aromatic nitrogens is 2. The maximum absolute atomic E-state index is 12.2. The summed E-state index contributed by atoms with van der Waals surface area (Å²) in [6.07, 6.45) is 5.20. The lowest BCUT2D eigenvalue weighted by atomic mass is 10.1. The molecule has 1 aromatic carbocycles. The van der Waals surface area contributed by atoms with Crippen LogP contribution in [-0.4, -0.2) is 34.5 Å². The van der Waals surface area contributed by atoms with Gasteiger partial charge in [0.05, 0.1) is 10.9 Å². The van der Waals surface area contributed by atoms with Gasteiger partial charge in [0, 0.05) is 6.42 Å². The number of aryl methyl sites for hydroxylation is 2. The van der Waals surface area contributed by atoms with Gasteiger partial charge in [0.25, 0.3) is 5.56 Å². The van der Waals surface area contributed by atoms with Gasteiger partial charge in [0.15, 0.2) is 0 Å². The molecule has 126 valence electrons. The molecular weight excluding hydrogens is 286 g/mol. The molecule has 4 heteroatoms. The number of hydrogen-bond acceptors (Lipinski definition) is 3. The average molecular weight is 315 g/mol. The molecule has 0 amide bonds. The van der Waals surface area contributed by atoms with Gasteiger partial charge < -0.3 is 9.88 Å². The standard InChI is InChI=1S/C19H29N3O/c1-4-15-11-10-12-16-18(15)20-17(21-19(16)23)13-8-7-9-14-22(5-2)6-3/h10-12H,4-9,13-14H2,1-3H3,(H,20,21,23). The van der Waals surface area contributed by atoms with Crippen molar-refractivity contribution in [2.75, 3.05) is 19.6 Å². The molecule has 0 spiro atoms. The van der Waals surface area contributed by atoms with E-state index in [1.54, 1.807) is 0 Å². The Morgan fingerprint density at radius 3 is 2.57 bits per heavy atom. The maximum Gasteiger partial charge on any atom is 0.258 e. The molecule has 0 unspecified atom stereocenters. The lowest BCUT2D eigenvalue weighted by Crippen LogP contribution is -2.23. The summed E-state index contributed by atoms with van der Waals surface area (Å²) < 4.78 is 0. The van der Waals surface area contributed by atoms with E-state index in [2.05, 4.69) is 36.7 Å². The number of fused-ring (bicyclic) bond motifs is 1. The normalized spacial score (nSPS) is 11.5. The van der Waals surface area contributed by atoms with Gasteiger partial charge >= 0.3 is 0 Å². The highest BCUT2D eigenvalue weighted by atomic mass is 16.1. The largest absolute Gasteiger partial charge is 0.310 e. The van der Waals surface area contributed by atoms with Crippen LogP contribution < -0.4 is 5.56 Å². The van der Waals surface area contributed by atoms with Crippen molar-refractivity contribution >= 4 is 10.9 Å². The Morgan fingerprint density at radius 1 is 1.09 bits per heavy atom. The van der Waals surface area contributed by atoms with Crippen molar-refractivity contribution < 1.29 is 0 Å². The van der Waals surface area contributed by atoms with Gasteiger partial charge in [-0.1, -0.05) is 39.3 Å². The third-order valence-corrected chi connectivity index (χ3v) is 4.53. The molecule has 0 atom stereocenters. The monoisotopic (exact) mass is 315 g/mol. The van der Waals surface area contributed by atoms with Crippen LogP contribution in [0.25, 0.3) is 10.9 Å². The Kier molecular flexibility index (Phi) is 6.78. The van der Waals surface area contributed by atoms with Gasteiger partial charge in [-0.25, -0.2) is 4.98 Å². The molecule has 0 aliphatic rings. The molecule has 2 rings (SSSR count).